The fourth-order valence-corrected chi connectivity index (χ4v) is 4.99. The smallest absolute Gasteiger partial charge is 0.242 e. The number of nitrogens with one attached hydrogen (secondary N) is 1. The number of carbonyl (C=O) groups excluding carboxylic acids is 2. The molecule has 0 unspecified atom stereocenters. The quantitative estimate of drug-likeness (QED) is 0.189. The van der Waals surface area contributed by atoms with Gasteiger partial charge in [0, 0.05) is 62.9 Å². The monoisotopic (exact) mass is 538 g/mol. The summed E-state index contributed by atoms with van der Waals surface area (Å²) in [5.74, 6) is 0.00821. The Hall–Kier alpha value is -4.06. The molecule has 4 rings (SSSR count). The van der Waals surface area contributed by atoms with Crippen molar-refractivity contribution in [3.05, 3.63) is 102 Å². The van der Waals surface area contributed by atoms with Crippen molar-refractivity contribution in [1.82, 2.24) is 14.8 Å². The van der Waals surface area contributed by atoms with Gasteiger partial charge in [-0.15, -0.1) is 0 Å². The summed E-state index contributed by atoms with van der Waals surface area (Å²) in [6, 6.07) is 26.5. The van der Waals surface area contributed by atoms with Crippen LogP contribution in [0.1, 0.15) is 49.3 Å². The summed E-state index contributed by atoms with van der Waals surface area (Å²) in [6.45, 7) is 3.71. The third-order valence-electron chi connectivity index (χ3n) is 7.39. The average molecular weight is 539 g/mol. The lowest BCUT2D eigenvalue weighted by Gasteiger charge is -2.28. The van der Waals surface area contributed by atoms with Crippen LogP contribution in [0.15, 0.2) is 85.1 Å². The van der Waals surface area contributed by atoms with Crippen molar-refractivity contribution in [2.75, 3.05) is 32.1 Å². The van der Waals surface area contributed by atoms with Gasteiger partial charge < -0.3 is 19.7 Å². The number of hydrogen-bond acceptors (Lipinski definition) is 3. The molecule has 0 aliphatic rings. The molecule has 6 nitrogen and oxygen atoms in total. The van der Waals surface area contributed by atoms with Crippen molar-refractivity contribution in [3.8, 4) is 0 Å². The molecule has 4 aromatic rings. The first kappa shape index (κ1) is 28.9. The summed E-state index contributed by atoms with van der Waals surface area (Å²) in [4.78, 5) is 36.2. The normalized spacial score (nSPS) is 11.0. The van der Waals surface area contributed by atoms with Gasteiger partial charge in [0.05, 0.1) is 0 Å². The number of amides is 2. The Balaban J connectivity index is 1.53. The molecule has 0 bridgehead atoms. The number of fused-ring (bicyclic) bond motifs is 1. The van der Waals surface area contributed by atoms with Gasteiger partial charge in [-0.3, -0.25) is 9.59 Å². The van der Waals surface area contributed by atoms with Crippen molar-refractivity contribution in [1.29, 1.82) is 0 Å². The first-order valence-electron chi connectivity index (χ1n) is 14.4. The minimum Gasteiger partial charge on any atom is -0.378 e. The first-order chi connectivity index (χ1) is 19.4. The van der Waals surface area contributed by atoms with Crippen molar-refractivity contribution >= 4 is 28.4 Å². The largest absolute Gasteiger partial charge is 0.378 e. The number of aromatic amines is 1. The maximum atomic E-state index is 13.9. The van der Waals surface area contributed by atoms with Gasteiger partial charge in [0.1, 0.15) is 6.54 Å². The summed E-state index contributed by atoms with van der Waals surface area (Å²) in [6.07, 6.45) is 6.15. The molecular weight excluding hydrogens is 496 g/mol. The van der Waals surface area contributed by atoms with Gasteiger partial charge in [-0.25, -0.2) is 0 Å². The van der Waals surface area contributed by atoms with Gasteiger partial charge in [0.15, 0.2) is 0 Å². The molecule has 2 amide bonds. The van der Waals surface area contributed by atoms with E-state index in [0.29, 0.717) is 26.1 Å². The molecule has 40 heavy (non-hydrogen) atoms. The molecular formula is C34H42N4O2. The highest BCUT2D eigenvalue weighted by atomic mass is 16.2. The molecule has 1 heterocycles. The van der Waals surface area contributed by atoms with Gasteiger partial charge in [-0.1, -0.05) is 80.4 Å². The summed E-state index contributed by atoms with van der Waals surface area (Å²) >= 11 is 0. The number of hydrogen-bond donors (Lipinski definition) is 1. The first-order valence-corrected chi connectivity index (χ1v) is 14.4. The van der Waals surface area contributed by atoms with Crippen molar-refractivity contribution in [3.63, 3.8) is 0 Å². The Bertz CT molecular complexity index is 1360. The Morgan fingerprint density at radius 1 is 0.750 bits per heavy atom. The fourth-order valence-electron chi connectivity index (χ4n) is 4.99. The molecule has 0 aliphatic heterocycles. The zero-order valence-corrected chi connectivity index (χ0v) is 24.1. The molecule has 3 aromatic carbocycles. The van der Waals surface area contributed by atoms with Crippen molar-refractivity contribution < 1.29 is 9.59 Å². The molecule has 210 valence electrons. The van der Waals surface area contributed by atoms with E-state index in [2.05, 4.69) is 53.2 Å². The predicted octanol–water partition coefficient (Wildman–Crippen LogP) is 6.41. The van der Waals surface area contributed by atoms with E-state index in [-0.39, 0.29) is 18.4 Å². The highest BCUT2D eigenvalue weighted by molar-refractivity contribution is 5.85. The third-order valence-corrected chi connectivity index (χ3v) is 7.39. The molecule has 1 aromatic heterocycles. The van der Waals surface area contributed by atoms with Crippen LogP contribution in [0.5, 0.6) is 0 Å². The fraction of sp³-hybridized carbons (Fsp3) is 0.353. The molecule has 0 saturated heterocycles. The SMILES string of the molecule is CCCCCC(=O)N(CC(=O)N(CCc1c[nH]c2ccccc12)Cc1ccc(N(C)C)cc1)Cc1ccccc1. The Morgan fingerprint density at radius 3 is 2.15 bits per heavy atom. The number of benzene rings is 3. The molecule has 0 fully saturated rings. The lowest BCUT2D eigenvalue weighted by Crippen LogP contribution is -2.43. The second-order valence-corrected chi connectivity index (χ2v) is 10.7. The van der Waals surface area contributed by atoms with Gasteiger partial charge in [-0.2, -0.15) is 0 Å². The van der Waals surface area contributed by atoms with Crippen LogP contribution >= 0.6 is 0 Å². The van der Waals surface area contributed by atoms with E-state index >= 15 is 0 Å². The van der Waals surface area contributed by atoms with Crippen LogP contribution in [0.3, 0.4) is 0 Å². The van der Waals surface area contributed by atoms with E-state index < -0.39 is 0 Å². The Kier molecular flexibility index (Phi) is 10.4. The number of aromatic nitrogens is 1. The van der Waals surface area contributed by atoms with Crippen LogP contribution in [-0.2, 0) is 29.1 Å². The second-order valence-electron chi connectivity index (χ2n) is 10.7. The van der Waals surface area contributed by atoms with Crippen LogP contribution in [-0.4, -0.2) is 53.8 Å². The maximum absolute atomic E-state index is 13.9. The van der Waals surface area contributed by atoms with E-state index in [1.54, 1.807) is 4.90 Å². The summed E-state index contributed by atoms with van der Waals surface area (Å²) in [5, 5.41) is 1.18. The maximum Gasteiger partial charge on any atom is 0.242 e. The van der Waals surface area contributed by atoms with Crippen LogP contribution in [0.2, 0.25) is 0 Å². The minimum atomic E-state index is -0.0312. The molecule has 1 N–H and O–H groups in total. The third kappa shape index (κ3) is 7.98. The standard InChI is InChI=1S/C34H42N4O2/c1-4-5-7-16-33(39)38(25-27-12-8-6-9-13-27)26-34(40)37(24-28-17-19-30(20-18-28)36(2)3)22-21-29-23-35-32-15-11-10-14-31(29)32/h6,8-15,17-20,23,35H,4-5,7,16,21-22,24-26H2,1-3H3. The topological polar surface area (TPSA) is 59.7 Å². The molecule has 0 atom stereocenters. The van der Waals surface area contributed by atoms with Crippen molar-refractivity contribution in [2.45, 2.75) is 52.1 Å². The Morgan fingerprint density at radius 2 is 1.43 bits per heavy atom. The van der Waals surface area contributed by atoms with Gasteiger partial charge in [0.25, 0.3) is 0 Å². The molecule has 0 spiro atoms. The lowest BCUT2D eigenvalue weighted by molar-refractivity contribution is -0.141. The minimum absolute atomic E-state index is 0.0312. The van der Waals surface area contributed by atoms with Gasteiger partial charge in [-0.05, 0) is 47.7 Å². The van der Waals surface area contributed by atoms with Crippen LogP contribution in [0.4, 0.5) is 5.69 Å². The predicted molar refractivity (Wildman–Crippen MR) is 164 cm³/mol. The molecule has 6 heteroatoms. The van der Waals surface area contributed by atoms with Crippen LogP contribution in [0, 0.1) is 0 Å². The number of rotatable bonds is 14. The van der Waals surface area contributed by atoms with Crippen molar-refractivity contribution in [2.24, 2.45) is 0 Å². The van der Waals surface area contributed by atoms with E-state index in [0.717, 1.165) is 48.0 Å². The van der Waals surface area contributed by atoms with Crippen LogP contribution in [0.25, 0.3) is 10.9 Å². The second kappa shape index (κ2) is 14.4. The summed E-state index contributed by atoms with van der Waals surface area (Å²) in [7, 11) is 4.04. The van der Waals surface area contributed by atoms with E-state index in [4.69, 9.17) is 0 Å². The van der Waals surface area contributed by atoms with Crippen LogP contribution < -0.4 is 4.90 Å². The molecule has 0 saturated carbocycles. The number of unbranched alkanes of at least 4 members (excludes halogenated alkanes) is 2. The lowest BCUT2D eigenvalue weighted by atomic mass is 10.1. The number of anilines is 1. The number of H-pyrrole nitrogens is 1. The van der Waals surface area contributed by atoms with E-state index in [1.165, 1.54) is 10.9 Å². The highest BCUT2D eigenvalue weighted by Gasteiger charge is 2.22. The van der Waals surface area contributed by atoms with Gasteiger partial charge >= 0.3 is 0 Å². The number of para-hydroxylation sites is 1. The number of carbonyl (C=O) groups is 2. The summed E-state index contributed by atoms with van der Waals surface area (Å²) in [5.41, 5.74) is 5.51. The molecule has 0 radical (unpaired) electrons. The Labute approximate surface area is 238 Å². The van der Waals surface area contributed by atoms with E-state index in [9.17, 15) is 9.59 Å². The highest BCUT2D eigenvalue weighted by Crippen LogP contribution is 2.20. The zero-order valence-electron chi connectivity index (χ0n) is 24.1. The number of nitrogens with zero attached hydrogens (tertiary/aromatic N) is 3. The average Bonchev–Trinajstić information content (AvgIpc) is 3.38. The molecule has 0 aliphatic carbocycles. The summed E-state index contributed by atoms with van der Waals surface area (Å²) < 4.78 is 0. The van der Waals surface area contributed by atoms with Gasteiger partial charge in [0.2, 0.25) is 11.8 Å². The zero-order chi connectivity index (χ0) is 28.3. The van der Waals surface area contributed by atoms with E-state index in [1.807, 2.05) is 67.7 Å².